The van der Waals surface area contributed by atoms with Crippen LogP contribution >= 0.6 is 11.3 Å². The minimum absolute atomic E-state index is 0.0379. The fourth-order valence-electron chi connectivity index (χ4n) is 4.18. The van der Waals surface area contributed by atoms with Gasteiger partial charge in [0.1, 0.15) is 23.1 Å². The van der Waals surface area contributed by atoms with Crippen LogP contribution < -0.4 is 9.47 Å². The van der Waals surface area contributed by atoms with E-state index in [-0.39, 0.29) is 36.6 Å². The number of pyridine rings is 1. The van der Waals surface area contributed by atoms with Crippen molar-refractivity contribution in [2.75, 3.05) is 7.11 Å². The average molecular weight is 544 g/mol. The number of carbonyl (C=O) groups is 2. The summed E-state index contributed by atoms with van der Waals surface area (Å²) >= 11 is 1.48. The van der Waals surface area contributed by atoms with Crippen molar-refractivity contribution < 1.29 is 23.5 Å². The van der Waals surface area contributed by atoms with E-state index in [0.29, 0.717) is 17.1 Å². The molecule has 7 nitrogen and oxygen atoms in total. The van der Waals surface area contributed by atoms with Crippen LogP contribution in [0.3, 0.4) is 0 Å². The van der Waals surface area contributed by atoms with E-state index in [9.17, 15) is 14.0 Å². The number of methoxy groups -OCH3 is 1. The molecule has 5 rings (SSSR count). The third kappa shape index (κ3) is 6.21. The van der Waals surface area contributed by atoms with Crippen molar-refractivity contribution in [3.8, 4) is 27.8 Å². The molecule has 0 fully saturated rings. The van der Waals surface area contributed by atoms with E-state index in [1.807, 2.05) is 23.8 Å². The predicted octanol–water partition coefficient (Wildman–Crippen LogP) is 6.43. The molecule has 0 saturated heterocycles. The summed E-state index contributed by atoms with van der Waals surface area (Å²) < 4.78 is 28.8. The number of aromatic nitrogens is 3. The Balaban J connectivity index is 1.23. The number of hydrogen-bond acceptors (Lipinski definition) is 7. The number of thiophene rings is 1. The molecule has 0 radical (unpaired) electrons. The number of ketones is 2. The third-order valence-corrected chi connectivity index (χ3v) is 7.36. The van der Waals surface area contributed by atoms with E-state index < -0.39 is 5.82 Å². The average Bonchev–Trinajstić information content (AvgIpc) is 3.58. The maximum absolute atomic E-state index is 15.0. The molecule has 198 valence electrons. The van der Waals surface area contributed by atoms with Crippen LogP contribution in [-0.4, -0.2) is 33.2 Å². The fourth-order valence-corrected chi connectivity index (χ4v) is 5.21. The maximum Gasteiger partial charge on any atom is 0.166 e. The summed E-state index contributed by atoms with van der Waals surface area (Å²) in [6.07, 6.45) is 5.28. The Kier molecular flexibility index (Phi) is 7.79. The predicted molar refractivity (Wildman–Crippen MR) is 148 cm³/mol. The van der Waals surface area contributed by atoms with Gasteiger partial charge < -0.3 is 14.0 Å². The number of aryl methyl sites for hydroxylation is 1. The molecule has 3 heterocycles. The topological polar surface area (TPSA) is 83.3 Å². The molecule has 0 aliphatic rings. The zero-order valence-corrected chi connectivity index (χ0v) is 22.3. The van der Waals surface area contributed by atoms with Gasteiger partial charge in [-0.2, -0.15) is 0 Å². The van der Waals surface area contributed by atoms with Gasteiger partial charge in [0.15, 0.2) is 11.6 Å². The molecule has 0 bridgehead atoms. The van der Waals surface area contributed by atoms with Gasteiger partial charge in [-0.3, -0.25) is 14.6 Å². The van der Waals surface area contributed by atoms with Crippen molar-refractivity contribution in [3.63, 3.8) is 0 Å². The molecule has 0 aliphatic heterocycles. The number of benzene rings is 2. The maximum atomic E-state index is 15.0. The van der Waals surface area contributed by atoms with Crippen LogP contribution in [-0.2, 0) is 29.0 Å². The molecule has 5 aromatic rings. The molecular weight excluding hydrogens is 517 g/mol. The molecule has 3 aromatic heterocycles. The lowest BCUT2D eigenvalue weighted by Gasteiger charge is -2.09. The van der Waals surface area contributed by atoms with E-state index in [4.69, 9.17) is 9.47 Å². The van der Waals surface area contributed by atoms with Crippen molar-refractivity contribution >= 4 is 33.1 Å². The minimum atomic E-state index is -0.590. The van der Waals surface area contributed by atoms with E-state index in [0.717, 1.165) is 32.9 Å². The van der Waals surface area contributed by atoms with Crippen LogP contribution in [0.5, 0.6) is 17.2 Å². The molecule has 0 atom stereocenters. The zero-order chi connectivity index (χ0) is 27.4. The summed E-state index contributed by atoms with van der Waals surface area (Å²) in [6, 6.07) is 15.2. The number of imidazole rings is 1. The first kappa shape index (κ1) is 26.2. The highest BCUT2D eigenvalue weighted by Gasteiger charge is 2.16. The Morgan fingerprint density at radius 2 is 1.69 bits per heavy atom. The largest absolute Gasteiger partial charge is 0.497 e. The van der Waals surface area contributed by atoms with Crippen LogP contribution in [0.15, 0.2) is 73.3 Å². The standard InChI is InChI=1S/C30H26FN3O4S/c1-3-34-17-26(33-18-34)29-16-25-30(39-29)28(10-11-32-25)38-27-9-6-20(14-24(27)31)13-22(36)15-21(35)12-19-4-7-23(37-2)8-5-19/h4-11,14,16-18H,3,12-13,15H2,1-2H3. The lowest BCUT2D eigenvalue weighted by molar-refractivity contribution is -0.126. The number of nitrogens with zero attached hydrogens (tertiary/aromatic N) is 3. The SMILES string of the molecule is CCn1cnc(-c2cc3nccc(Oc4ccc(CC(=O)CC(=O)Cc5ccc(OC)cc5)cc4F)c3s2)c1. The smallest absolute Gasteiger partial charge is 0.166 e. The minimum Gasteiger partial charge on any atom is -0.497 e. The number of Topliss-reactive ketones (excluding diaryl/α,β-unsaturated/α-hetero) is 2. The first-order chi connectivity index (χ1) is 18.9. The first-order valence-corrected chi connectivity index (χ1v) is 13.3. The second-order valence-corrected chi connectivity index (χ2v) is 10.1. The van der Waals surface area contributed by atoms with E-state index in [1.54, 1.807) is 56.0 Å². The molecule has 0 spiro atoms. The molecule has 0 aliphatic carbocycles. The van der Waals surface area contributed by atoms with Crippen LogP contribution in [0.1, 0.15) is 24.5 Å². The van der Waals surface area contributed by atoms with Gasteiger partial charge in [0.2, 0.25) is 0 Å². The summed E-state index contributed by atoms with van der Waals surface area (Å²) in [4.78, 5) is 34.6. The Labute approximate surface area is 228 Å². The van der Waals surface area contributed by atoms with Gasteiger partial charge in [0.05, 0.1) is 40.6 Å². The van der Waals surface area contributed by atoms with E-state index in [1.165, 1.54) is 23.5 Å². The van der Waals surface area contributed by atoms with Crippen LogP contribution in [0.4, 0.5) is 4.39 Å². The summed E-state index contributed by atoms with van der Waals surface area (Å²) in [6.45, 7) is 2.87. The van der Waals surface area contributed by atoms with Gasteiger partial charge in [0, 0.05) is 37.8 Å². The van der Waals surface area contributed by atoms with Gasteiger partial charge in [-0.1, -0.05) is 18.2 Å². The number of halogens is 1. The van der Waals surface area contributed by atoms with Crippen LogP contribution in [0.25, 0.3) is 20.8 Å². The quantitative estimate of drug-likeness (QED) is 0.179. The highest BCUT2D eigenvalue weighted by Crippen LogP contribution is 2.39. The Hall–Kier alpha value is -4.37. The second kappa shape index (κ2) is 11.6. The first-order valence-electron chi connectivity index (χ1n) is 12.4. The lowest BCUT2D eigenvalue weighted by atomic mass is 10.0. The molecular formula is C30H26FN3O4S. The van der Waals surface area contributed by atoms with E-state index >= 15 is 0 Å². The van der Waals surface area contributed by atoms with Gasteiger partial charge in [-0.05, 0) is 48.4 Å². The Morgan fingerprint density at radius 1 is 0.949 bits per heavy atom. The Bertz CT molecular complexity index is 1640. The van der Waals surface area contributed by atoms with Gasteiger partial charge in [-0.15, -0.1) is 11.3 Å². The summed E-state index contributed by atoms with van der Waals surface area (Å²) in [5.41, 5.74) is 2.86. The van der Waals surface area contributed by atoms with Gasteiger partial charge in [0.25, 0.3) is 0 Å². The normalized spacial score (nSPS) is 11.1. The number of fused-ring (bicyclic) bond motifs is 1. The number of ether oxygens (including phenoxy) is 2. The number of carbonyl (C=O) groups excluding carboxylic acids is 2. The van der Waals surface area contributed by atoms with Gasteiger partial charge in [-0.25, -0.2) is 9.37 Å². The zero-order valence-electron chi connectivity index (χ0n) is 21.5. The highest BCUT2D eigenvalue weighted by atomic mass is 32.1. The summed E-state index contributed by atoms with van der Waals surface area (Å²) in [5.74, 6) is 0.175. The fraction of sp³-hybridized carbons (Fsp3) is 0.200. The van der Waals surface area contributed by atoms with Crippen molar-refractivity contribution in [2.24, 2.45) is 0 Å². The second-order valence-electron chi connectivity index (χ2n) is 9.05. The third-order valence-electron chi connectivity index (χ3n) is 6.20. The molecule has 39 heavy (non-hydrogen) atoms. The lowest BCUT2D eigenvalue weighted by Crippen LogP contribution is -2.12. The summed E-state index contributed by atoms with van der Waals surface area (Å²) in [5, 5.41) is 0. The summed E-state index contributed by atoms with van der Waals surface area (Å²) in [7, 11) is 1.57. The van der Waals surface area contributed by atoms with Crippen LogP contribution in [0, 0.1) is 5.82 Å². The number of hydrogen-bond donors (Lipinski definition) is 0. The van der Waals surface area contributed by atoms with E-state index in [2.05, 4.69) is 9.97 Å². The van der Waals surface area contributed by atoms with Crippen molar-refractivity contribution in [3.05, 3.63) is 90.3 Å². The molecule has 2 aromatic carbocycles. The van der Waals surface area contributed by atoms with Crippen molar-refractivity contribution in [1.82, 2.24) is 14.5 Å². The highest BCUT2D eigenvalue weighted by molar-refractivity contribution is 7.22. The molecule has 0 amide bonds. The molecule has 0 unspecified atom stereocenters. The molecule has 9 heteroatoms. The molecule has 0 N–H and O–H groups in total. The Morgan fingerprint density at radius 3 is 2.38 bits per heavy atom. The van der Waals surface area contributed by atoms with Gasteiger partial charge >= 0.3 is 0 Å². The monoisotopic (exact) mass is 543 g/mol. The number of rotatable bonds is 11. The van der Waals surface area contributed by atoms with Crippen molar-refractivity contribution in [1.29, 1.82) is 0 Å². The van der Waals surface area contributed by atoms with Crippen molar-refractivity contribution in [2.45, 2.75) is 32.7 Å². The molecule has 0 saturated carbocycles. The van der Waals surface area contributed by atoms with Crippen LogP contribution in [0.2, 0.25) is 0 Å².